The number of hydrogen-bond donors (Lipinski definition) is 2. The standard InChI is InChI=1S/C13H19NO3/c1-14(9-4-10-15)13(17)8-7-11-5-2-3-6-12(11)16/h2-3,5-6,15-16H,4,7-10H2,1H3. The Morgan fingerprint density at radius 3 is 2.71 bits per heavy atom. The van der Waals surface area contributed by atoms with Gasteiger partial charge in [0, 0.05) is 26.6 Å². The number of carbonyl (C=O) groups excluding carboxylic acids is 1. The van der Waals surface area contributed by atoms with Crippen molar-refractivity contribution in [1.29, 1.82) is 0 Å². The molecule has 4 nitrogen and oxygen atoms in total. The molecule has 0 atom stereocenters. The molecule has 0 unspecified atom stereocenters. The Hall–Kier alpha value is -1.55. The second kappa shape index (κ2) is 6.91. The molecule has 94 valence electrons. The number of para-hydroxylation sites is 1. The van der Waals surface area contributed by atoms with Crippen molar-refractivity contribution in [2.24, 2.45) is 0 Å². The van der Waals surface area contributed by atoms with Crippen LogP contribution in [-0.4, -0.2) is 41.2 Å². The van der Waals surface area contributed by atoms with Crippen LogP contribution in [0.4, 0.5) is 0 Å². The summed E-state index contributed by atoms with van der Waals surface area (Å²) in [7, 11) is 1.73. The van der Waals surface area contributed by atoms with E-state index in [9.17, 15) is 9.90 Å². The van der Waals surface area contributed by atoms with Gasteiger partial charge in [-0.25, -0.2) is 0 Å². The molecule has 1 rings (SSSR count). The first-order valence-corrected chi connectivity index (χ1v) is 5.77. The quantitative estimate of drug-likeness (QED) is 0.780. The zero-order chi connectivity index (χ0) is 12.7. The molecule has 0 heterocycles. The lowest BCUT2D eigenvalue weighted by Gasteiger charge is -2.16. The van der Waals surface area contributed by atoms with Crippen LogP contribution in [0.25, 0.3) is 0 Å². The Morgan fingerprint density at radius 2 is 2.06 bits per heavy atom. The van der Waals surface area contributed by atoms with Crippen molar-refractivity contribution in [3.63, 3.8) is 0 Å². The number of aliphatic hydroxyl groups is 1. The number of carbonyl (C=O) groups is 1. The Balaban J connectivity index is 2.40. The summed E-state index contributed by atoms with van der Waals surface area (Å²) in [5.74, 6) is 0.264. The van der Waals surface area contributed by atoms with Gasteiger partial charge in [0.25, 0.3) is 0 Å². The van der Waals surface area contributed by atoms with Crippen LogP contribution in [-0.2, 0) is 11.2 Å². The van der Waals surface area contributed by atoms with Crippen LogP contribution in [0.3, 0.4) is 0 Å². The van der Waals surface area contributed by atoms with Crippen LogP contribution in [0.15, 0.2) is 24.3 Å². The van der Waals surface area contributed by atoms with Gasteiger partial charge in [-0.15, -0.1) is 0 Å². The molecule has 2 N–H and O–H groups in total. The number of hydrogen-bond acceptors (Lipinski definition) is 3. The molecule has 0 bridgehead atoms. The first-order valence-electron chi connectivity index (χ1n) is 5.77. The molecule has 0 spiro atoms. The van der Waals surface area contributed by atoms with Crippen molar-refractivity contribution in [2.45, 2.75) is 19.3 Å². The fraction of sp³-hybridized carbons (Fsp3) is 0.462. The molecule has 0 fully saturated rings. The lowest BCUT2D eigenvalue weighted by atomic mass is 10.1. The highest BCUT2D eigenvalue weighted by Gasteiger charge is 2.09. The molecular formula is C13H19NO3. The van der Waals surface area contributed by atoms with Crippen LogP contribution < -0.4 is 0 Å². The molecule has 0 aromatic heterocycles. The van der Waals surface area contributed by atoms with Crippen molar-refractivity contribution < 1.29 is 15.0 Å². The molecule has 0 radical (unpaired) electrons. The van der Waals surface area contributed by atoms with Crippen molar-refractivity contribution in [1.82, 2.24) is 4.90 Å². The van der Waals surface area contributed by atoms with Crippen LogP contribution in [0.2, 0.25) is 0 Å². The number of aromatic hydroxyl groups is 1. The summed E-state index contributed by atoms with van der Waals surface area (Å²) in [6, 6.07) is 7.04. The van der Waals surface area contributed by atoms with Gasteiger partial charge in [0.05, 0.1) is 0 Å². The number of phenolic OH excluding ortho intramolecular Hbond substituents is 1. The third kappa shape index (κ3) is 4.44. The van der Waals surface area contributed by atoms with E-state index in [2.05, 4.69) is 0 Å². The Bertz CT molecular complexity index is 365. The number of aliphatic hydroxyl groups excluding tert-OH is 1. The third-order valence-electron chi connectivity index (χ3n) is 2.68. The SMILES string of the molecule is CN(CCCO)C(=O)CCc1ccccc1O. The van der Waals surface area contributed by atoms with Gasteiger partial charge in [0.2, 0.25) is 5.91 Å². The molecule has 0 aliphatic heterocycles. The zero-order valence-electron chi connectivity index (χ0n) is 10.1. The Kier molecular flexibility index (Phi) is 5.49. The zero-order valence-corrected chi connectivity index (χ0v) is 10.1. The van der Waals surface area contributed by atoms with Gasteiger partial charge in [-0.1, -0.05) is 18.2 Å². The minimum absolute atomic E-state index is 0.0294. The molecule has 0 aliphatic rings. The number of amides is 1. The number of phenols is 1. The van der Waals surface area contributed by atoms with Gasteiger partial charge in [0.1, 0.15) is 5.75 Å². The van der Waals surface area contributed by atoms with E-state index in [4.69, 9.17) is 5.11 Å². The molecule has 0 aliphatic carbocycles. The van der Waals surface area contributed by atoms with Gasteiger partial charge in [-0.05, 0) is 24.5 Å². The van der Waals surface area contributed by atoms with Gasteiger partial charge in [-0.2, -0.15) is 0 Å². The maximum absolute atomic E-state index is 11.7. The number of rotatable bonds is 6. The predicted molar refractivity (Wildman–Crippen MR) is 65.8 cm³/mol. The van der Waals surface area contributed by atoms with Crippen LogP contribution in [0.1, 0.15) is 18.4 Å². The summed E-state index contributed by atoms with van der Waals surface area (Å²) in [6.45, 7) is 0.660. The Labute approximate surface area is 101 Å². The second-order valence-electron chi connectivity index (χ2n) is 4.02. The summed E-state index contributed by atoms with van der Waals surface area (Å²) in [4.78, 5) is 13.3. The van der Waals surface area contributed by atoms with Gasteiger partial charge >= 0.3 is 0 Å². The van der Waals surface area contributed by atoms with E-state index >= 15 is 0 Å². The highest BCUT2D eigenvalue weighted by molar-refractivity contribution is 5.76. The van der Waals surface area contributed by atoms with Crippen molar-refractivity contribution >= 4 is 5.91 Å². The van der Waals surface area contributed by atoms with E-state index in [1.807, 2.05) is 12.1 Å². The molecule has 4 heteroatoms. The fourth-order valence-electron chi connectivity index (χ4n) is 1.59. The minimum atomic E-state index is 0.0294. The lowest BCUT2D eigenvalue weighted by Crippen LogP contribution is -2.28. The normalized spacial score (nSPS) is 10.2. The van der Waals surface area contributed by atoms with Crippen molar-refractivity contribution in [2.75, 3.05) is 20.2 Å². The van der Waals surface area contributed by atoms with E-state index in [0.29, 0.717) is 25.8 Å². The first kappa shape index (κ1) is 13.5. The summed E-state index contributed by atoms with van der Waals surface area (Å²) in [5.41, 5.74) is 0.788. The van der Waals surface area contributed by atoms with Crippen LogP contribution in [0.5, 0.6) is 5.75 Å². The van der Waals surface area contributed by atoms with Gasteiger partial charge in [0.15, 0.2) is 0 Å². The lowest BCUT2D eigenvalue weighted by molar-refractivity contribution is -0.129. The molecule has 0 saturated heterocycles. The summed E-state index contributed by atoms with van der Waals surface area (Å²) in [5, 5.41) is 18.2. The molecular weight excluding hydrogens is 218 g/mol. The summed E-state index contributed by atoms with van der Waals surface area (Å²) in [6.07, 6.45) is 1.51. The molecule has 0 saturated carbocycles. The average molecular weight is 237 g/mol. The van der Waals surface area contributed by atoms with Crippen molar-refractivity contribution in [3.05, 3.63) is 29.8 Å². The fourth-order valence-corrected chi connectivity index (χ4v) is 1.59. The van der Waals surface area contributed by atoms with E-state index in [-0.39, 0.29) is 18.3 Å². The maximum atomic E-state index is 11.7. The average Bonchev–Trinajstić information content (AvgIpc) is 2.34. The predicted octanol–water partition coefficient (Wildman–Crippen LogP) is 1.17. The number of benzene rings is 1. The van der Waals surface area contributed by atoms with Crippen LogP contribution in [0, 0.1) is 0 Å². The topological polar surface area (TPSA) is 60.8 Å². The first-order chi connectivity index (χ1) is 8.15. The monoisotopic (exact) mass is 237 g/mol. The van der Waals surface area contributed by atoms with Crippen molar-refractivity contribution in [3.8, 4) is 5.75 Å². The van der Waals surface area contributed by atoms with E-state index in [1.54, 1.807) is 24.1 Å². The molecule has 1 aromatic carbocycles. The highest BCUT2D eigenvalue weighted by atomic mass is 16.3. The van der Waals surface area contributed by atoms with E-state index in [0.717, 1.165) is 5.56 Å². The largest absolute Gasteiger partial charge is 0.508 e. The van der Waals surface area contributed by atoms with Gasteiger partial charge in [-0.3, -0.25) is 4.79 Å². The molecule has 1 amide bonds. The van der Waals surface area contributed by atoms with Crippen LogP contribution >= 0.6 is 0 Å². The Morgan fingerprint density at radius 1 is 1.35 bits per heavy atom. The highest BCUT2D eigenvalue weighted by Crippen LogP contribution is 2.17. The second-order valence-corrected chi connectivity index (χ2v) is 4.02. The smallest absolute Gasteiger partial charge is 0.222 e. The number of aryl methyl sites for hydroxylation is 1. The maximum Gasteiger partial charge on any atom is 0.222 e. The van der Waals surface area contributed by atoms with E-state index in [1.165, 1.54) is 0 Å². The molecule has 17 heavy (non-hydrogen) atoms. The van der Waals surface area contributed by atoms with Gasteiger partial charge < -0.3 is 15.1 Å². The minimum Gasteiger partial charge on any atom is -0.508 e. The molecule has 1 aromatic rings. The summed E-state index contributed by atoms with van der Waals surface area (Å²) >= 11 is 0. The number of nitrogens with zero attached hydrogens (tertiary/aromatic N) is 1. The third-order valence-corrected chi connectivity index (χ3v) is 2.68. The van der Waals surface area contributed by atoms with E-state index < -0.39 is 0 Å². The summed E-state index contributed by atoms with van der Waals surface area (Å²) < 4.78 is 0.